The molecule has 0 saturated carbocycles. The molecule has 5 heteroatoms. The first-order valence-corrected chi connectivity index (χ1v) is 7.68. The number of aryl methyl sites for hydroxylation is 1. The van der Waals surface area contributed by atoms with Gasteiger partial charge in [-0.05, 0) is 49.6 Å². The number of pyridine rings is 1. The van der Waals surface area contributed by atoms with Gasteiger partial charge in [0.05, 0.1) is 0 Å². The normalized spacial score (nSPS) is 10.4. The van der Waals surface area contributed by atoms with E-state index in [1.807, 2.05) is 32.0 Å². The fraction of sp³-hybridized carbons (Fsp3) is 0.333. The molecule has 0 saturated heterocycles. The molecule has 122 valence electrons. The summed E-state index contributed by atoms with van der Waals surface area (Å²) < 4.78 is 5.00. The average molecular weight is 313 g/mol. The van der Waals surface area contributed by atoms with Gasteiger partial charge in [-0.15, -0.1) is 0 Å². The summed E-state index contributed by atoms with van der Waals surface area (Å²) >= 11 is 0. The second kappa shape index (κ2) is 8.29. The molecule has 2 N–H and O–H groups in total. The van der Waals surface area contributed by atoms with E-state index in [0.717, 1.165) is 29.8 Å². The minimum atomic E-state index is -0.138. The summed E-state index contributed by atoms with van der Waals surface area (Å²) in [6, 6.07) is 9.34. The van der Waals surface area contributed by atoms with E-state index in [2.05, 4.69) is 15.6 Å². The van der Waals surface area contributed by atoms with Crippen molar-refractivity contribution in [2.24, 2.45) is 0 Å². The van der Waals surface area contributed by atoms with Crippen LogP contribution in [-0.4, -0.2) is 31.2 Å². The molecule has 23 heavy (non-hydrogen) atoms. The summed E-state index contributed by atoms with van der Waals surface area (Å²) in [6.45, 7) is 5.47. The van der Waals surface area contributed by atoms with Crippen molar-refractivity contribution in [2.75, 3.05) is 30.9 Å². The van der Waals surface area contributed by atoms with Gasteiger partial charge in [-0.1, -0.05) is 12.1 Å². The Morgan fingerprint density at radius 3 is 2.87 bits per heavy atom. The minimum Gasteiger partial charge on any atom is -0.385 e. The summed E-state index contributed by atoms with van der Waals surface area (Å²) in [7, 11) is 1.68. The third kappa shape index (κ3) is 4.79. The Hall–Kier alpha value is -2.40. The van der Waals surface area contributed by atoms with Crippen molar-refractivity contribution in [3.05, 3.63) is 53.2 Å². The highest BCUT2D eigenvalue weighted by atomic mass is 16.5. The van der Waals surface area contributed by atoms with Crippen LogP contribution >= 0.6 is 0 Å². The highest BCUT2D eigenvalue weighted by Gasteiger charge is 2.09. The fourth-order valence-corrected chi connectivity index (χ4v) is 2.18. The van der Waals surface area contributed by atoms with Crippen molar-refractivity contribution in [3.8, 4) is 0 Å². The Kier molecular flexibility index (Phi) is 6.11. The third-order valence-electron chi connectivity index (χ3n) is 3.71. The largest absolute Gasteiger partial charge is 0.385 e. The van der Waals surface area contributed by atoms with Crippen LogP contribution < -0.4 is 10.6 Å². The van der Waals surface area contributed by atoms with E-state index in [0.29, 0.717) is 18.0 Å². The minimum absolute atomic E-state index is 0.138. The molecule has 0 radical (unpaired) electrons. The molecule has 1 amide bonds. The molecule has 0 atom stereocenters. The van der Waals surface area contributed by atoms with E-state index < -0.39 is 0 Å². The van der Waals surface area contributed by atoms with Gasteiger partial charge in [0.25, 0.3) is 5.91 Å². The number of nitrogens with one attached hydrogen (secondary N) is 2. The van der Waals surface area contributed by atoms with Crippen LogP contribution in [0.25, 0.3) is 0 Å². The van der Waals surface area contributed by atoms with E-state index >= 15 is 0 Å². The molecule has 1 aromatic heterocycles. The number of hydrogen-bond acceptors (Lipinski definition) is 4. The van der Waals surface area contributed by atoms with Gasteiger partial charge in [0.2, 0.25) is 0 Å². The number of hydrogen-bond donors (Lipinski definition) is 2. The van der Waals surface area contributed by atoms with Crippen molar-refractivity contribution in [1.82, 2.24) is 4.98 Å². The molecule has 5 nitrogen and oxygen atoms in total. The third-order valence-corrected chi connectivity index (χ3v) is 3.71. The van der Waals surface area contributed by atoms with Gasteiger partial charge >= 0.3 is 0 Å². The summed E-state index contributed by atoms with van der Waals surface area (Å²) in [5.41, 5.74) is 3.64. The van der Waals surface area contributed by atoms with Gasteiger partial charge in [-0.3, -0.25) is 4.79 Å². The van der Waals surface area contributed by atoms with Crippen LogP contribution in [0.1, 0.15) is 27.9 Å². The summed E-state index contributed by atoms with van der Waals surface area (Å²) in [5, 5.41) is 6.14. The second-order valence-electron chi connectivity index (χ2n) is 5.40. The SMILES string of the molecule is COCCCNc1cc(C(=O)Nc2cccc(C)c2C)ccn1. The molecule has 1 aromatic carbocycles. The Morgan fingerprint density at radius 1 is 1.26 bits per heavy atom. The van der Waals surface area contributed by atoms with E-state index in [4.69, 9.17) is 4.74 Å². The monoisotopic (exact) mass is 313 g/mol. The lowest BCUT2D eigenvalue weighted by atomic mass is 10.1. The van der Waals surface area contributed by atoms with E-state index in [9.17, 15) is 4.79 Å². The van der Waals surface area contributed by atoms with Crippen LogP contribution in [-0.2, 0) is 4.74 Å². The number of benzene rings is 1. The number of methoxy groups -OCH3 is 1. The zero-order valence-electron chi connectivity index (χ0n) is 13.8. The van der Waals surface area contributed by atoms with E-state index in [1.165, 1.54) is 0 Å². The van der Waals surface area contributed by atoms with Gasteiger partial charge in [-0.2, -0.15) is 0 Å². The smallest absolute Gasteiger partial charge is 0.255 e. The molecule has 2 aromatic rings. The molecular weight excluding hydrogens is 290 g/mol. The molecular formula is C18H23N3O2. The number of carbonyl (C=O) groups excluding carboxylic acids is 1. The number of aromatic nitrogens is 1. The Labute approximate surface area is 137 Å². The first kappa shape index (κ1) is 17.0. The van der Waals surface area contributed by atoms with E-state index in [-0.39, 0.29) is 5.91 Å². The van der Waals surface area contributed by atoms with Gasteiger partial charge in [0, 0.05) is 37.7 Å². The molecule has 0 aliphatic heterocycles. The first-order chi connectivity index (χ1) is 11.1. The Morgan fingerprint density at radius 2 is 2.09 bits per heavy atom. The molecule has 1 heterocycles. The van der Waals surface area contributed by atoms with Crippen LogP contribution in [0.3, 0.4) is 0 Å². The van der Waals surface area contributed by atoms with Gasteiger partial charge in [0.15, 0.2) is 0 Å². The van der Waals surface area contributed by atoms with Crippen LogP contribution in [0.15, 0.2) is 36.5 Å². The second-order valence-corrected chi connectivity index (χ2v) is 5.40. The van der Waals surface area contributed by atoms with Crippen molar-refractivity contribution in [1.29, 1.82) is 0 Å². The summed E-state index contributed by atoms with van der Waals surface area (Å²) in [6.07, 6.45) is 2.52. The maximum absolute atomic E-state index is 12.4. The maximum Gasteiger partial charge on any atom is 0.255 e. The maximum atomic E-state index is 12.4. The van der Waals surface area contributed by atoms with Gasteiger partial charge < -0.3 is 15.4 Å². The van der Waals surface area contributed by atoms with Crippen LogP contribution in [0, 0.1) is 13.8 Å². The number of rotatable bonds is 7. The highest BCUT2D eigenvalue weighted by molar-refractivity contribution is 6.05. The predicted octanol–water partition coefficient (Wildman–Crippen LogP) is 3.40. The molecule has 0 spiro atoms. The van der Waals surface area contributed by atoms with Gasteiger partial charge in [0.1, 0.15) is 5.82 Å². The summed E-state index contributed by atoms with van der Waals surface area (Å²) in [4.78, 5) is 16.6. The lowest BCUT2D eigenvalue weighted by Crippen LogP contribution is -2.14. The topological polar surface area (TPSA) is 63.2 Å². The quantitative estimate of drug-likeness (QED) is 0.769. The Bertz CT molecular complexity index is 671. The summed E-state index contributed by atoms with van der Waals surface area (Å²) in [5.74, 6) is 0.552. The zero-order valence-corrected chi connectivity index (χ0v) is 13.8. The standard InChI is InChI=1S/C18H23N3O2/c1-13-6-4-7-16(14(13)2)21-18(22)15-8-10-20-17(12-15)19-9-5-11-23-3/h4,6-8,10,12H,5,9,11H2,1-3H3,(H,19,20)(H,21,22). The lowest BCUT2D eigenvalue weighted by Gasteiger charge is -2.11. The van der Waals surface area contributed by atoms with Gasteiger partial charge in [-0.25, -0.2) is 4.98 Å². The predicted molar refractivity (Wildman–Crippen MR) is 93.1 cm³/mol. The lowest BCUT2D eigenvalue weighted by molar-refractivity contribution is 0.102. The first-order valence-electron chi connectivity index (χ1n) is 7.68. The van der Waals surface area contributed by atoms with Crippen LogP contribution in [0.5, 0.6) is 0 Å². The van der Waals surface area contributed by atoms with E-state index in [1.54, 1.807) is 25.4 Å². The molecule has 0 aliphatic carbocycles. The number of anilines is 2. The molecule has 0 aliphatic rings. The van der Waals surface area contributed by atoms with Crippen LogP contribution in [0.2, 0.25) is 0 Å². The molecule has 0 bridgehead atoms. The highest BCUT2D eigenvalue weighted by Crippen LogP contribution is 2.19. The van der Waals surface area contributed by atoms with Crippen molar-refractivity contribution in [3.63, 3.8) is 0 Å². The van der Waals surface area contributed by atoms with Crippen molar-refractivity contribution >= 4 is 17.4 Å². The van der Waals surface area contributed by atoms with Crippen molar-refractivity contribution < 1.29 is 9.53 Å². The van der Waals surface area contributed by atoms with Crippen LogP contribution in [0.4, 0.5) is 11.5 Å². The number of amides is 1. The number of carbonyl (C=O) groups is 1. The molecule has 2 rings (SSSR count). The average Bonchev–Trinajstić information content (AvgIpc) is 2.56. The Balaban J connectivity index is 2.03. The fourth-order valence-electron chi connectivity index (χ4n) is 2.18. The van der Waals surface area contributed by atoms with Crippen molar-refractivity contribution in [2.45, 2.75) is 20.3 Å². The molecule has 0 unspecified atom stereocenters. The molecule has 0 fully saturated rings. The number of nitrogens with zero attached hydrogens (tertiary/aromatic N) is 1. The number of ether oxygens (including phenoxy) is 1. The zero-order chi connectivity index (χ0) is 16.7.